The molecule has 1 aliphatic carbocycles. The van der Waals surface area contributed by atoms with Crippen LogP contribution in [0.3, 0.4) is 0 Å². The summed E-state index contributed by atoms with van der Waals surface area (Å²) in [5, 5.41) is 3.07. The van der Waals surface area contributed by atoms with Crippen molar-refractivity contribution in [3.8, 4) is 0 Å². The fourth-order valence-electron chi connectivity index (χ4n) is 2.68. The predicted molar refractivity (Wildman–Crippen MR) is 85.3 cm³/mol. The fraction of sp³-hybridized carbons (Fsp3) is 0.278. The molecule has 1 aliphatic rings. The number of aryl methyl sites for hydroxylation is 1. The van der Waals surface area contributed by atoms with E-state index >= 15 is 0 Å². The van der Waals surface area contributed by atoms with E-state index in [0.717, 1.165) is 24.1 Å². The Morgan fingerprint density at radius 2 is 1.90 bits per heavy atom. The number of carbonyl (C=O) groups is 1. The second-order valence-electron chi connectivity index (χ2n) is 5.90. The van der Waals surface area contributed by atoms with Gasteiger partial charge in [0.05, 0.1) is 0 Å². The van der Waals surface area contributed by atoms with Crippen LogP contribution in [-0.2, 0) is 5.41 Å². The van der Waals surface area contributed by atoms with Gasteiger partial charge < -0.3 is 11.1 Å². The van der Waals surface area contributed by atoms with E-state index in [1.165, 1.54) is 5.56 Å². The van der Waals surface area contributed by atoms with Gasteiger partial charge in [0.15, 0.2) is 0 Å². The maximum absolute atomic E-state index is 12.3. The molecule has 21 heavy (non-hydrogen) atoms. The molecule has 1 amide bonds. The summed E-state index contributed by atoms with van der Waals surface area (Å²) < 4.78 is 0. The summed E-state index contributed by atoms with van der Waals surface area (Å²) in [6.45, 7) is 2.61. The maximum Gasteiger partial charge on any atom is 0.251 e. The second kappa shape index (κ2) is 5.24. The molecule has 0 radical (unpaired) electrons. The van der Waals surface area contributed by atoms with E-state index in [2.05, 4.69) is 29.6 Å². The van der Waals surface area contributed by atoms with Crippen LogP contribution in [0.5, 0.6) is 0 Å². The number of carbonyl (C=O) groups excluding carboxylic acids is 1. The van der Waals surface area contributed by atoms with Crippen molar-refractivity contribution in [3.63, 3.8) is 0 Å². The highest BCUT2D eigenvalue weighted by Crippen LogP contribution is 2.47. The molecule has 0 bridgehead atoms. The molecule has 3 N–H and O–H groups in total. The number of nitrogens with one attached hydrogen (secondary N) is 1. The first-order chi connectivity index (χ1) is 10.1. The molecule has 0 atom stereocenters. The highest BCUT2D eigenvalue weighted by molar-refractivity contribution is 5.94. The molecule has 1 saturated carbocycles. The quantitative estimate of drug-likeness (QED) is 0.846. The molecule has 3 rings (SSSR count). The van der Waals surface area contributed by atoms with Gasteiger partial charge in [0, 0.05) is 23.2 Å². The van der Waals surface area contributed by atoms with Gasteiger partial charge in [0.25, 0.3) is 5.91 Å². The summed E-state index contributed by atoms with van der Waals surface area (Å²) in [4.78, 5) is 12.3. The van der Waals surface area contributed by atoms with Crippen molar-refractivity contribution in [1.82, 2.24) is 5.32 Å². The fourth-order valence-corrected chi connectivity index (χ4v) is 2.68. The minimum absolute atomic E-state index is 0.0275. The monoisotopic (exact) mass is 280 g/mol. The smallest absolute Gasteiger partial charge is 0.251 e. The predicted octanol–water partition coefficient (Wildman–Crippen LogP) is 3.04. The number of nitrogen functional groups attached to an aromatic ring is 1. The van der Waals surface area contributed by atoms with E-state index in [9.17, 15) is 4.79 Å². The highest BCUT2D eigenvalue weighted by Gasteiger charge is 2.44. The van der Waals surface area contributed by atoms with Gasteiger partial charge in [-0.2, -0.15) is 0 Å². The molecule has 0 spiro atoms. The molecule has 3 nitrogen and oxygen atoms in total. The van der Waals surface area contributed by atoms with Crippen LogP contribution < -0.4 is 11.1 Å². The minimum atomic E-state index is -0.0275. The molecule has 2 aromatic carbocycles. The van der Waals surface area contributed by atoms with E-state index < -0.39 is 0 Å². The first-order valence-corrected chi connectivity index (χ1v) is 7.31. The van der Waals surface area contributed by atoms with Crippen molar-refractivity contribution in [1.29, 1.82) is 0 Å². The molecule has 0 aromatic heterocycles. The Morgan fingerprint density at radius 3 is 2.52 bits per heavy atom. The van der Waals surface area contributed by atoms with Gasteiger partial charge in [-0.15, -0.1) is 0 Å². The lowest BCUT2D eigenvalue weighted by atomic mass is 9.96. The average Bonchev–Trinajstić information content (AvgIpc) is 3.30. The molecule has 108 valence electrons. The summed E-state index contributed by atoms with van der Waals surface area (Å²) >= 11 is 0. The molecule has 0 unspecified atom stereocenters. The summed E-state index contributed by atoms with van der Waals surface area (Å²) in [6, 6.07) is 15.8. The normalized spacial score (nSPS) is 15.5. The van der Waals surface area contributed by atoms with Crippen LogP contribution in [0.1, 0.15) is 34.3 Å². The van der Waals surface area contributed by atoms with E-state index in [-0.39, 0.29) is 11.3 Å². The van der Waals surface area contributed by atoms with Crippen LogP contribution in [0.4, 0.5) is 5.69 Å². The summed E-state index contributed by atoms with van der Waals surface area (Å²) in [7, 11) is 0. The number of amides is 1. The number of hydrogen-bond donors (Lipinski definition) is 2. The lowest BCUT2D eigenvalue weighted by molar-refractivity contribution is 0.0949. The van der Waals surface area contributed by atoms with Gasteiger partial charge in [0.2, 0.25) is 0 Å². The second-order valence-corrected chi connectivity index (χ2v) is 5.90. The van der Waals surface area contributed by atoms with Crippen LogP contribution in [0, 0.1) is 6.92 Å². The van der Waals surface area contributed by atoms with Gasteiger partial charge >= 0.3 is 0 Å². The Labute approximate surface area is 125 Å². The molecular weight excluding hydrogens is 260 g/mol. The third-order valence-electron chi connectivity index (χ3n) is 4.36. The number of nitrogens with two attached hydrogens (primary N) is 1. The Morgan fingerprint density at radius 1 is 1.19 bits per heavy atom. The first kappa shape index (κ1) is 13.7. The lowest BCUT2D eigenvalue weighted by Crippen LogP contribution is -2.32. The largest absolute Gasteiger partial charge is 0.399 e. The van der Waals surface area contributed by atoms with Crippen LogP contribution in [-0.4, -0.2) is 12.5 Å². The van der Waals surface area contributed by atoms with Crippen LogP contribution in [0.25, 0.3) is 0 Å². The zero-order valence-electron chi connectivity index (χ0n) is 12.2. The third-order valence-corrected chi connectivity index (χ3v) is 4.36. The number of rotatable bonds is 4. The molecule has 3 heteroatoms. The van der Waals surface area contributed by atoms with E-state index in [1.54, 1.807) is 12.1 Å². The van der Waals surface area contributed by atoms with Gasteiger partial charge in [-0.25, -0.2) is 0 Å². The maximum atomic E-state index is 12.3. The number of benzene rings is 2. The van der Waals surface area contributed by atoms with Crippen molar-refractivity contribution < 1.29 is 4.79 Å². The molecule has 2 aromatic rings. The zero-order chi connectivity index (χ0) is 14.9. The standard InChI is InChI=1S/C18H20N2O/c1-13-11-14(7-8-16(13)19)17(21)20-12-18(9-10-18)15-5-3-2-4-6-15/h2-8,11H,9-10,12,19H2,1H3,(H,20,21). The van der Waals surface area contributed by atoms with Gasteiger partial charge in [-0.05, 0) is 49.1 Å². The Bertz CT molecular complexity index is 660. The van der Waals surface area contributed by atoms with E-state index in [4.69, 9.17) is 5.73 Å². The molecule has 0 saturated heterocycles. The van der Waals surface area contributed by atoms with Gasteiger partial charge in [-0.1, -0.05) is 30.3 Å². The highest BCUT2D eigenvalue weighted by atomic mass is 16.1. The zero-order valence-corrected chi connectivity index (χ0v) is 12.2. The summed E-state index contributed by atoms with van der Waals surface area (Å²) in [5.74, 6) is -0.0275. The summed E-state index contributed by atoms with van der Waals surface area (Å²) in [5.41, 5.74) is 9.57. The van der Waals surface area contributed by atoms with Crippen LogP contribution >= 0.6 is 0 Å². The van der Waals surface area contributed by atoms with E-state index in [0.29, 0.717) is 12.1 Å². The SMILES string of the molecule is Cc1cc(C(=O)NCC2(c3ccccc3)CC2)ccc1N. The molecular formula is C18H20N2O. The average molecular weight is 280 g/mol. The third kappa shape index (κ3) is 2.77. The van der Waals surface area contributed by atoms with Crippen molar-refractivity contribution in [2.24, 2.45) is 0 Å². The number of hydrogen-bond acceptors (Lipinski definition) is 2. The Kier molecular flexibility index (Phi) is 3.42. The molecule has 0 heterocycles. The Balaban J connectivity index is 1.68. The van der Waals surface area contributed by atoms with Crippen molar-refractivity contribution >= 4 is 11.6 Å². The van der Waals surface area contributed by atoms with Gasteiger partial charge in [0.1, 0.15) is 0 Å². The lowest BCUT2D eigenvalue weighted by Gasteiger charge is -2.16. The topological polar surface area (TPSA) is 55.1 Å². The Hall–Kier alpha value is -2.29. The van der Waals surface area contributed by atoms with Crippen LogP contribution in [0.15, 0.2) is 48.5 Å². The molecule has 1 fully saturated rings. The molecule has 0 aliphatic heterocycles. The first-order valence-electron chi connectivity index (χ1n) is 7.31. The number of anilines is 1. The van der Waals surface area contributed by atoms with Crippen molar-refractivity contribution in [2.75, 3.05) is 12.3 Å². The van der Waals surface area contributed by atoms with E-state index in [1.807, 2.05) is 19.1 Å². The van der Waals surface area contributed by atoms with Crippen molar-refractivity contribution in [3.05, 3.63) is 65.2 Å². The summed E-state index contributed by atoms with van der Waals surface area (Å²) in [6.07, 6.45) is 2.27. The minimum Gasteiger partial charge on any atom is -0.399 e. The van der Waals surface area contributed by atoms with Crippen LogP contribution in [0.2, 0.25) is 0 Å². The van der Waals surface area contributed by atoms with Crippen molar-refractivity contribution in [2.45, 2.75) is 25.2 Å². The van der Waals surface area contributed by atoms with Gasteiger partial charge in [-0.3, -0.25) is 4.79 Å².